The van der Waals surface area contributed by atoms with Crippen molar-refractivity contribution >= 4 is 51.6 Å². The normalized spacial score (nSPS) is 21.2. The van der Waals surface area contributed by atoms with Gasteiger partial charge in [0.15, 0.2) is 5.12 Å². The number of nitrogens with zero attached hydrogens (tertiary/aromatic N) is 5. The average Bonchev–Trinajstić information content (AvgIpc) is 3.34. The lowest BCUT2D eigenvalue weighted by Gasteiger charge is -2.31. The van der Waals surface area contributed by atoms with E-state index >= 15 is 0 Å². The number of aromatic nitrogens is 2. The Labute approximate surface area is 175 Å². The predicted octanol–water partition coefficient (Wildman–Crippen LogP) is -1.13. The highest BCUT2D eigenvalue weighted by atomic mass is 32.2. The molecule has 0 aromatic carbocycles. The Morgan fingerprint density at radius 2 is 2.21 bits per heavy atom. The quantitative estimate of drug-likeness (QED) is 0.330. The van der Waals surface area contributed by atoms with Crippen LogP contribution in [0, 0.1) is 5.92 Å². The molecule has 1 aromatic rings. The number of carbonyl (C=O) groups is 3. The maximum absolute atomic E-state index is 12.4. The minimum absolute atomic E-state index is 0.0474. The Balaban J connectivity index is 1.52. The lowest BCUT2D eigenvalue weighted by Crippen LogP contribution is -2.66. The Bertz CT molecular complexity index is 807. The topological polar surface area (TPSA) is 135 Å². The van der Waals surface area contributed by atoms with Crippen LogP contribution in [-0.2, 0) is 9.59 Å². The highest BCUT2D eigenvalue weighted by Crippen LogP contribution is 2.16. The molecule has 0 bridgehead atoms. The number of hydrogen-bond donors (Lipinski definition) is 1. The molecule has 11 nitrogen and oxygen atoms in total. The van der Waals surface area contributed by atoms with Crippen molar-refractivity contribution < 1.29 is 28.8 Å². The van der Waals surface area contributed by atoms with Gasteiger partial charge in [-0.25, -0.2) is 4.99 Å². The zero-order valence-corrected chi connectivity index (χ0v) is 17.7. The van der Waals surface area contributed by atoms with Crippen molar-refractivity contribution in [2.45, 2.75) is 19.9 Å². The van der Waals surface area contributed by atoms with Crippen LogP contribution in [0.2, 0.25) is 0 Å². The number of aliphatic imine (C=N–C) groups is 1. The molecule has 29 heavy (non-hydrogen) atoms. The van der Waals surface area contributed by atoms with E-state index in [9.17, 15) is 19.5 Å². The minimum atomic E-state index is -0.460. The summed E-state index contributed by atoms with van der Waals surface area (Å²) in [5.41, 5.74) is 0. The summed E-state index contributed by atoms with van der Waals surface area (Å²) >= 11 is 2.20. The van der Waals surface area contributed by atoms with Crippen LogP contribution in [0.25, 0.3) is 0 Å². The Morgan fingerprint density at radius 3 is 2.83 bits per heavy atom. The largest absolute Gasteiger partial charge is 0.861 e. The van der Waals surface area contributed by atoms with Crippen molar-refractivity contribution in [2.24, 2.45) is 10.9 Å². The van der Waals surface area contributed by atoms with Gasteiger partial charge in [0.05, 0.1) is 17.9 Å². The first-order valence-electron chi connectivity index (χ1n) is 9.08. The molecule has 158 valence electrons. The third-order valence-electron chi connectivity index (χ3n) is 4.45. The molecule has 0 saturated carbocycles. The fourth-order valence-corrected chi connectivity index (χ4v) is 4.20. The van der Waals surface area contributed by atoms with Crippen molar-refractivity contribution in [3.63, 3.8) is 0 Å². The van der Waals surface area contributed by atoms with Crippen molar-refractivity contribution in [1.29, 1.82) is 0 Å². The van der Waals surface area contributed by atoms with Gasteiger partial charge in [-0.2, -0.15) is 0 Å². The number of carbonyl (C=O) groups excluding carboxylic acids is 3. The lowest BCUT2D eigenvalue weighted by atomic mass is 10.2. The third-order valence-corrected chi connectivity index (χ3v) is 6.40. The van der Waals surface area contributed by atoms with E-state index in [0.717, 1.165) is 23.5 Å². The first-order chi connectivity index (χ1) is 13.8. The van der Waals surface area contributed by atoms with Gasteiger partial charge in [-0.1, -0.05) is 30.4 Å². The molecule has 2 aliphatic rings. The maximum atomic E-state index is 12.4. The fourth-order valence-electron chi connectivity index (χ4n) is 2.80. The van der Waals surface area contributed by atoms with Crippen molar-refractivity contribution in [3.8, 4) is 0 Å². The van der Waals surface area contributed by atoms with Gasteiger partial charge in [0, 0.05) is 31.5 Å². The molecule has 0 aliphatic carbocycles. The van der Waals surface area contributed by atoms with Gasteiger partial charge in [-0.15, -0.1) is 5.01 Å². The molecule has 0 radical (unpaired) electrons. The number of amides is 2. The van der Waals surface area contributed by atoms with Gasteiger partial charge in [0.1, 0.15) is 6.04 Å². The molecule has 1 N–H and O–H groups in total. The highest BCUT2D eigenvalue weighted by Gasteiger charge is 2.34. The summed E-state index contributed by atoms with van der Waals surface area (Å²) in [6.07, 6.45) is 1.51. The Hall–Kier alpha value is -2.28. The summed E-state index contributed by atoms with van der Waals surface area (Å²) in [6.45, 7) is 5.18. The van der Waals surface area contributed by atoms with Crippen LogP contribution in [0.15, 0.2) is 15.7 Å². The van der Waals surface area contributed by atoms with E-state index in [2.05, 4.69) is 15.6 Å². The van der Waals surface area contributed by atoms with E-state index in [1.165, 1.54) is 17.9 Å². The van der Waals surface area contributed by atoms with Crippen LogP contribution in [-0.4, -0.2) is 76.1 Å². The van der Waals surface area contributed by atoms with Crippen LogP contribution in [0.5, 0.6) is 0 Å². The molecule has 2 saturated heterocycles. The number of nitrogens with one attached hydrogen (secondary N) is 1. The third kappa shape index (κ3) is 5.63. The second-order valence-corrected chi connectivity index (χ2v) is 8.88. The molecule has 2 amide bonds. The van der Waals surface area contributed by atoms with E-state index in [1.807, 2.05) is 5.01 Å². The van der Waals surface area contributed by atoms with Gasteiger partial charge < -0.3 is 15.3 Å². The van der Waals surface area contributed by atoms with Crippen LogP contribution in [0.4, 0.5) is 10.7 Å². The van der Waals surface area contributed by atoms with Crippen molar-refractivity contribution in [1.82, 2.24) is 15.5 Å². The SMILES string of the molecule is CC(=O)SC[C@@H](C)C([O-])=Nc1c[n+](N2CCN(C(=O)[C@@H]3CSC(=O)N3)CC2)no1. The van der Waals surface area contributed by atoms with E-state index in [4.69, 9.17) is 4.52 Å². The molecule has 13 heteroatoms. The second-order valence-electron chi connectivity index (χ2n) is 6.69. The molecular weight excluding hydrogens is 420 g/mol. The highest BCUT2D eigenvalue weighted by molar-refractivity contribution is 8.14. The number of hydrogen-bond acceptors (Lipinski definition) is 10. The first-order valence-corrected chi connectivity index (χ1v) is 11.1. The second kappa shape index (κ2) is 9.48. The summed E-state index contributed by atoms with van der Waals surface area (Å²) in [5, 5.41) is 20.3. The lowest BCUT2D eigenvalue weighted by molar-refractivity contribution is -0.759. The zero-order valence-electron chi connectivity index (χ0n) is 16.1. The van der Waals surface area contributed by atoms with E-state index in [1.54, 1.807) is 11.8 Å². The first kappa shape index (κ1) is 21.4. The standard InChI is InChI=1S/C16H22N6O5S2/c1-10(8-28-11(2)23)14(24)18-13-7-22(19-27-13)21-5-3-20(4-6-21)15(25)12-9-29-16(26)17-12/h7,10,12H,3-6,8-9H2,1-2H3,(H-,17,18,19,24,26)/t10-,12+/m1/s1. The van der Waals surface area contributed by atoms with Gasteiger partial charge in [-0.3, -0.25) is 18.9 Å². The predicted molar refractivity (Wildman–Crippen MR) is 105 cm³/mol. The zero-order chi connectivity index (χ0) is 21.0. The molecule has 0 unspecified atom stereocenters. The van der Waals surface area contributed by atoms with Crippen LogP contribution < -0.4 is 20.2 Å². The molecule has 2 fully saturated rings. The van der Waals surface area contributed by atoms with Gasteiger partial charge >= 0.3 is 5.88 Å². The molecular formula is C16H22N6O5S2. The van der Waals surface area contributed by atoms with Gasteiger partial charge in [0.25, 0.3) is 11.4 Å². The smallest absolute Gasteiger partial charge is 0.324 e. The van der Waals surface area contributed by atoms with E-state index in [0.29, 0.717) is 37.7 Å². The average molecular weight is 443 g/mol. The van der Waals surface area contributed by atoms with Crippen LogP contribution in [0.3, 0.4) is 0 Å². The Morgan fingerprint density at radius 1 is 1.48 bits per heavy atom. The van der Waals surface area contributed by atoms with E-state index < -0.39 is 12.0 Å². The number of thioether (sulfide) groups is 2. The molecule has 1 aromatic heterocycles. The van der Waals surface area contributed by atoms with Crippen LogP contribution >= 0.6 is 23.5 Å². The summed E-state index contributed by atoms with van der Waals surface area (Å²) in [5.74, 6) is 0.0332. The van der Waals surface area contributed by atoms with Crippen LogP contribution in [0.1, 0.15) is 13.8 Å². The summed E-state index contributed by atoms with van der Waals surface area (Å²) in [6, 6.07) is -0.460. The molecule has 2 atom stereocenters. The number of piperazine rings is 1. The maximum Gasteiger partial charge on any atom is 0.324 e. The molecule has 3 rings (SSSR count). The summed E-state index contributed by atoms with van der Waals surface area (Å²) in [4.78, 5) is 41.8. The fraction of sp³-hybridized carbons (Fsp3) is 0.625. The van der Waals surface area contributed by atoms with Crippen molar-refractivity contribution in [3.05, 3.63) is 6.20 Å². The van der Waals surface area contributed by atoms with Gasteiger partial charge in [-0.05, 0) is 11.8 Å². The Kier molecular flexibility index (Phi) is 7.00. The molecule has 2 aliphatic heterocycles. The monoisotopic (exact) mass is 442 g/mol. The summed E-state index contributed by atoms with van der Waals surface area (Å²) in [7, 11) is 0. The molecule has 3 heterocycles. The minimum Gasteiger partial charge on any atom is -0.861 e. The number of rotatable bonds is 6. The summed E-state index contributed by atoms with van der Waals surface area (Å²) < 4.78 is 5.11. The van der Waals surface area contributed by atoms with E-state index in [-0.39, 0.29) is 28.0 Å². The van der Waals surface area contributed by atoms with Gasteiger partial charge in [0.2, 0.25) is 11.2 Å². The van der Waals surface area contributed by atoms with Crippen molar-refractivity contribution in [2.75, 3.05) is 42.7 Å². The molecule has 0 spiro atoms.